The molecule has 0 aromatic rings. The Balaban J connectivity index is 0. The van der Waals surface area contributed by atoms with E-state index < -0.39 is 0 Å². The minimum Gasteiger partial charge on any atom is -0.0683 e. The molecule has 14 heavy (non-hydrogen) atoms. The lowest BCUT2D eigenvalue weighted by molar-refractivity contribution is 0.289. The molecule has 0 heteroatoms. The summed E-state index contributed by atoms with van der Waals surface area (Å²) in [5, 5.41) is 0. The van der Waals surface area contributed by atoms with Crippen LogP contribution in [0.1, 0.15) is 80.1 Å². The van der Waals surface area contributed by atoms with Crippen LogP contribution in [0.3, 0.4) is 0 Å². The Bertz CT molecular complexity index is 77.3. The number of unbranched alkanes of at least 4 members (excludes halogenated alkanes) is 1. The van der Waals surface area contributed by atoms with Gasteiger partial charge in [0, 0.05) is 0 Å². The first-order valence-electron chi connectivity index (χ1n) is 6.66. The fraction of sp³-hybridized carbons (Fsp3) is 1.00. The quantitative estimate of drug-likeness (QED) is 0.551. The standard InChI is InChI=1S/C8H16.C4H10.C2H6/c1-2-3-5-8-6-4-7-8;1-4(2)3;1-2/h8H,2-7H2,1H3;4H,1-3H3;1-2H3. The molecular formula is C14H32. The summed E-state index contributed by atoms with van der Waals surface area (Å²) in [6, 6.07) is 0. The van der Waals surface area contributed by atoms with Gasteiger partial charge in [0.15, 0.2) is 0 Å². The van der Waals surface area contributed by atoms with Gasteiger partial charge in [0.2, 0.25) is 0 Å². The maximum absolute atomic E-state index is 2.28. The van der Waals surface area contributed by atoms with Crippen molar-refractivity contribution in [1.29, 1.82) is 0 Å². The smallest absolute Gasteiger partial charge is 0.0414 e. The lowest BCUT2D eigenvalue weighted by Gasteiger charge is -2.24. The van der Waals surface area contributed by atoms with Crippen LogP contribution in [-0.4, -0.2) is 0 Å². The van der Waals surface area contributed by atoms with Crippen LogP contribution in [0.25, 0.3) is 0 Å². The third kappa shape index (κ3) is 14.5. The topological polar surface area (TPSA) is 0 Å². The molecule has 0 aliphatic heterocycles. The van der Waals surface area contributed by atoms with Crippen molar-refractivity contribution in [1.82, 2.24) is 0 Å². The van der Waals surface area contributed by atoms with Crippen LogP contribution in [0.4, 0.5) is 0 Å². The fourth-order valence-corrected chi connectivity index (χ4v) is 1.27. The van der Waals surface area contributed by atoms with Crippen molar-refractivity contribution >= 4 is 0 Å². The highest BCUT2D eigenvalue weighted by molar-refractivity contribution is 4.68. The van der Waals surface area contributed by atoms with Gasteiger partial charge in [-0.25, -0.2) is 0 Å². The van der Waals surface area contributed by atoms with Gasteiger partial charge >= 0.3 is 0 Å². The molecule has 1 saturated carbocycles. The lowest BCUT2D eigenvalue weighted by atomic mass is 9.82. The van der Waals surface area contributed by atoms with Gasteiger partial charge in [0.05, 0.1) is 0 Å². The van der Waals surface area contributed by atoms with Crippen LogP contribution in [0.15, 0.2) is 0 Å². The molecule has 0 spiro atoms. The van der Waals surface area contributed by atoms with E-state index in [1.807, 2.05) is 13.8 Å². The van der Waals surface area contributed by atoms with Crippen LogP contribution in [-0.2, 0) is 0 Å². The van der Waals surface area contributed by atoms with Gasteiger partial charge in [-0.05, 0) is 11.8 Å². The van der Waals surface area contributed by atoms with E-state index in [1.165, 1.54) is 38.5 Å². The largest absolute Gasteiger partial charge is 0.0683 e. The summed E-state index contributed by atoms with van der Waals surface area (Å²) in [5.41, 5.74) is 0. The molecule has 1 aliphatic rings. The third-order valence-electron chi connectivity index (χ3n) is 2.19. The second kappa shape index (κ2) is 13.0. The summed E-state index contributed by atoms with van der Waals surface area (Å²) in [6.45, 7) is 12.8. The van der Waals surface area contributed by atoms with Crippen LogP contribution in [0.2, 0.25) is 0 Å². The Hall–Kier alpha value is 0. The fourth-order valence-electron chi connectivity index (χ4n) is 1.27. The Morgan fingerprint density at radius 1 is 1.07 bits per heavy atom. The second-order valence-corrected chi connectivity index (χ2v) is 4.67. The second-order valence-electron chi connectivity index (χ2n) is 4.67. The molecule has 0 aromatic carbocycles. The zero-order chi connectivity index (χ0) is 11.4. The molecular weight excluding hydrogens is 168 g/mol. The van der Waals surface area contributed by atoms with E-state index in [0.29, 0.717) is 0 Å². The number of hydrogen-bond acceptors (Lipinski definition) is 0. The van der Waals surface area contributed by atoms with Gasteiger partial charge < -0.3 is 0 Å². The van der Waals surface area contributed by atoms with Gasteiger partial charge in [-0.15, -0.1) is 0 Å². The minimum absolute atomic E-state index is 0.833. The van der Waals surface area contributed by atoms with Crippen LogP contribution in [0.5, 0.6) is 0 Å². The highest BCUT2D eigenvalue weighted by Crippen LogP contribution is 2.30. The van der Waals surface area contributed by atoms with Gasteiger partial charge in [-0.1, -0.05) is 80.1 Å². The predicted octanol–water partition coefficient (Wildman–Crippen LogP) is 5.67. The number of hydrogen-bond donors (Lipinski definition) is 0. The maximum Gasteiger partial charge on any atom is -0.0414 e. The van der Waals surface area contributed by atoms with E-state index in [4.69, 9.17) is 0 Å². The molecule has 0 saturated heterocycles. The van der Waals surface area contributed by atoms with E-state index in [0.717, 1.165) is 11.8 Å². The van der Waals surface area contributed by atoms with E-state index >= 15 is 0 Å². The van der Waals surface area contributed by atoms with Gasteiger partial charge in [0.1, 0.15) is 0 Å². The highest BCUT2D eigenvalue weighted by Gasteiger charge is 2.15. The van der Waals surface area contributed by atoms with Gasteiger partial charge in [-0.3, -0.25) is 0 Å². The van der Waals surface area contributed by atoms with Crippen molar-refractivity contribution in [3.63, 3.8) is 0 Å². The first kappa shape index (κ1) is 16.4. The molecule has 0 N–H and O–H groups in total. The van der Waals surface area contributed by atoms with Crippen molar-refractivity contribution in [3.8, 4) is 0 Å². The molecule has 88 valence electrons. The Morgan fingerprint density at radius 3 is 1.71 bits per heavy atom. The zero-order valence-corrected chi connectivity index (χ0v) is 11.4. The first-order valence-corrected chi connectivity index (χ1v) is 6.66. The van der Waals surface area contributed by atoms with Crippen molar-refractivity contribution in [2.75, 3.05) is 0 Å². The molecule has 0 nitrogen and oxygen atoms in total. The predicted molar refractivity (Wildman–Crippen MR) is 68.7 cm³/mol. The molecule has 0 amide bonds. The van der Waals surface area contributed by atoms with Crippen molar-refractivity contribution in [3.05, 3.63) is 0 Å². The molecule has 0 atom stereocenters. The summed E-state index contributed by atoms with van der Waals surface area (Å²) in [7, 11) is 0. The van der Waals surface area contributed by atoms with Crippen molar-refractivity contribution in [2.45, 2.75) is 80.1 Å². The van der Waals surface area contributed by atoms with Crippen molar-refractivity contribution in [2.24, 2.45) is 11.8 Å². The van der Waals surface area contributed by atoms with E-state index in [1.54, 1.807) is 0 Å². The number of rotatable bonds is 3. The molecule has 0 heterocycles. The highest BCUT2D eigenvalue weighted by atomic mass is 14.2. The zero-order valence-electron chi connectivity index (χ0n) is 11.4. The summed E-state index contributed by atoms with van der Waals surface area (Å²) >= 11 is 0. The Kier molecular flexibility index (Phi) is 15.3. The Labute approximate surface area is 92.5 Å². The summed E-state index contributed by atoms with van der Waals surface area (Å²) < 4.78 is 0. The maximum atomic E-state index is 2.28. The normalized spacial score (nSPS) is 14.8. The van der Waals surface area contributed by atoms with E-state index in [9.17, 15) is 0 Å². The Morgan fingerprint density at radius 2 is 1.50 bits per heavy atom. The van der Waals surface area contributed by atoms with Gasteiger partial charge in [0.25, 0.3) is 0 Å². The van der Waals surface area contributed by atoms with Crippen LogP contribution >= 0.6 is 0 Å². The molecule has 1 aliphatic carbocycles. The van der Waals surface area contributed by atoms with Gasteiger partial charge in [-0.2, -0.15) is 0 Å². The molecule has 0 radical (unpaired) electrons. The SMILES string of the molecule is CC.CC(C)C.CCCCC1CCC1. The molecule has 0 unspecified atom stereocenters. The van der Waals surface area contributed by atoms with Crippen molar-refractivity contribution < 1.29 is 0 Å². The minimum atomic E-state index is 0.833. The summed E-state index contributed by atoms with van der Waals surface area (Å²) in [5.74, 6) is 1.97. The third-order valence-corrected chi connectivity index (χ3v) is 2.19. The summed E-state index contributed by atoms with van der Waals surface area (Å²) in [6.07, 6.45) is 8.92. The summed E-state index contributed by atoms with van der Waals surface area (Å²) in [4.78, 5) is 0. The molecule has 0 aromatic heterocycles. The van der Waals surface area contributed by atoms with Crippen LogP contribution in [0, 0.1) is 11.8 Å². The molecule has 1 fully saturated rings. The first-order chi connectivity index (χ1) is 6.66. The lowest BCUT2D eigenvalue weighted by Crippen LogP contribution is -2.09. The molecule has 0 bridgehead atoms. The van der Waals surface area contributed by atoms with E-state index in [-0.39, 0.29) is 0 Å². The average Bonchev–Trinajstić information content (AvgIpc) is 2.05. The monoisotopic (exact) mass is 200 g/mol. The van der Waals surface area contributed by atoms with E-state index in [2.05, 4.69) is 27.7 Å². The average molecular weight is 200 g/mol. The van der Waals surface area contributed by atoms with Crippen LogP contribution < -0.4 is 0 Å². The molecule has 1 rings (SSSR count).